The van der Waals surface area contributed by atoms with Crippen molar-refractivity contribution in [2.45, 2.75) is 13.3 Å². The molecule has 0 radical (unpaired) electrons. The maximum atomic E-state index is 12.2. The van der Waals surface area contributed by atoms with Crippen molar-refractivity contribution < 1.29 is 4.74 Å². The summed E-state index contributed by atoms with van der Waals surface area (Å²) in [5.74, 6) is 0.520. The lowest BCUT2D eigenvalue weighted by Gasteiger charge is -2.11. The molecular weight excluding hydrogens is 392 g/mol. The highest BCUT2D eigenvalue weighted by Crippen LogP contribution is 2.19. The topological polar surface area (TPSA) is 79.8 Å². The second-order valence-electron chi connectivity index (χ2n) is 6.54. The molecule has 4 aromatic rings. The molecule has 2 aromatic heterocycles. The lowest BCUT2D eigenvalue weighted by molar-refractivity contribution is 0.307. The zero-order valence-corrected chi connectivity index (χ0v) is 16.7. The second kappa shape index (κ2) is 7.92. The van der Waals surface area contributed by atoms with E-state index < -0.39 is 0 Å². The Morgan fingerprint density at radius 3 is 2.59 bits per heavy atom. The average molecular weight is 411 g/mol. The van der Waals surface area contributed by atoms with Crippen molar-refractivity contribution in [1.82, 2.24) is 29.6 Å². The first kappa shape index (κ1) is 18.9. The molecule has 0 aliphatic carbocycles. The molecule has 0 spiro atoms. The van der Waals surface area contributed by atoms with E-state index in [9.17, 15) is 4.79 Å². The lowest BCUT2D eigenvalue weighted by Crippen LogP contribution is -2.23. The summed E-state index contributed by atoms with van der Waals surface area (Å²) >= 11 is 5.93. The molecule has 0 atom stereocenters. The van der Waals surface area contributed by atoms with Gasteiger partial charge in [0.15, 0.2) is 0 Å². The standard InChI is InChI=1S/C20H19ClN6O2/c1-14-4-3-5-18(27-20(28)25(2)23-24-27)17(14)11-13-29-19-10-12-26(22-19)16-8-6-15(21)7-9-16/h3-10,12H,11,13H2,1-2H3. The van der Waals surface area contributed by atoms with Crippen molar-refractivity contribution in [2.75, 3.05) is 6.61 Å². The molecule has 0 N–H and O–H groups in total. The fourth-order valence-electron chi connectivity index (χ4n) is 3.05. The Bertz CT molecular complexity index is 1190. The molecule has 2 heterocycles. The molecule has 29 heavy (non-hydrogen) atoms. The maximum absolute atomic E-state index is 12.2. The van der Waals surface area contributed by atoms with Gasteiger partial charge in [-0.25, -0.2) is 9.48 Å². The maximum Gasteiger partial charge on any atom is 0.368 e. The summed E-state index contributed by atoms with van der Waals surface area (Å²) in [5, 5.41) is 12.8. The van der Waals surface area contributed by atoms with Crippen LogP contribution in [-0.4, -0.2) is 36.2 Å². The lowest BCUT2D eigenvalue weighted by atomic mass is 10.0. The van der Waals surface area contributed by atoms with E-state index in [1.165, 1.54) is 9.36 Å². The van der Waals surface area contributed by atoms with Crippen molar-refractivity contribution in [3.05, 3.63) is 81.4 Å². The van der Waals surface area contributed by atoms with Crippen LogP contribution in [0.4, 0.5) is 0 Å². The number of nitrogens with zero attached hydrogens (tertiary/aromatic N) is 6. The van der Waals surface area contributed by atoms with Crippen LogP contribution in [-0.2, 0) is 13.5 Å². The van der Waals surface area contributed by atoms with Gasteiger partial charge in [0.2, 0.25) is 5.88 Å². The Hall–Kier alpha value is -3.39. The molecule has 0 saturated heterocycles. The fourth-order valence-corrected chi connectivity index (χ4v) is 3.18. The number of hydrogen-bond donors (Lipinski definition) is 0. The van der Waals surface area contributed by atoms with Gasteiger partial charge in [-0.3, -0.25) is 0 Å². The SMILES string of the molecule is Cc1cccc(-n2nnn(C)c2=O)c1CCOc1ccn(-c2ccc(Cl)cc2)n1. The van der Waals surface area contributed by atoms with Crippen molar-refractivity contribution in [3.8, 4) is 17.3 Å². The molecule has 0 bridgehead atoms. The predicted molar refractivity (Wildman–Crippen MR) is 109 cm³/mol. The van der Waals surface area contributed by atoms with Gasteiger partial charge in [0.1, 0.15) is 0 Å². The van der Waals surface area contributed by atoms with E-state index in [1.807, 2.05) is 55.6 Å². The van der Waals surface area contributed by atoms with Gasteiger partial charge < -0.3 is 4.74 Å². The van der Waals surface area contributed by atoms with Crippen LogP contribution >= 0.6 is 11.6 Å². The summed E-state index contributed by atoms with van der Waals surface area (Å²) in [6.45, 7) is 2.40. The van der Waals surface area contributed by atoms with Crippen LogP contribution in [0.15, 0.2) is 59.5 Å². The number of halogens is 1. The minimum atomic E-state index is -0.292. The van der Waals surface area contributed by atoms with Gasteiger partial charge >= 0.3 is 5.69 Å². The minimum absolute atomic E-state index is 0.292. The number of aryl methyl sites for hydroxylation is 2. The van der Waals surface area contributed by atoms with Gasteiger partial charge in [0.25, 0.3) is 0 Å². The Morgan fingerprint density at radius 2 is 1.86 bits per heavy atom. The number of benzene rings is 2. The van der Waals surface area contributed by atoms with Gasteiger partial charge in [-0.1, -0.05) is 23.7 Å². The fraction of sp³-hybridized carbons (Fsp3) is 0.200. The molecule has 148 valence electrons. The summed E-state index contributed by atoms with van der Waals surface area (Å²) in [5.41, 5.74) is 3.34. The third-order valence-corrected chi connectivity index (χ3v) is 4.85. The monoisotopic (exact) mass is 410 g/mol. The van der Waals surface area contributed by atoms with E-state index in [1.54, 1.807) is 17.8 Å². The van der Waals surface area contributed by atoms with E-state index in [0.717, 1.165) is 16.8 Å². The normalized spacial score (nSPS) is 11.0. The minimum Gasteiger partial charge on any atom is -0.476 e. The predicted octanol–water partition coefficient (Wildman–Crippen LogP) is 2.74. The van der Waals surface area contributed by atoms with Crippen molar-refractivity contribution in [1.29, 1.82) is 0 Å². The summed E-state index contributed by atoms with van der Waals surface area (Å²) in [6, 6.07) is 14.9. The van der Waals surface area contributed by atoms with Gasteiger partial charge in [0, 0.05) is 30.8 Å². The third kappa shape index (κ3) is 3.93. The van der Waals surface area contributed by atoms with Crippen LogP contribution in [0.1, 0.15) is 11.1 Å². The molecule has 0 aliphatic rings. The first-order valence-corrected chi connectivity index (χ1v) is 9.43. The Morgan fingerprint density at radius 1 is 1.07 bits per heavy atom. The summed E-state index contributed by atoms with van der Waals surface area (Å²) in [7, 11) is 1.57. The number of aromatic nitrogens is 6. The van der Waals surface area contributed by atoms with E-state index in [-0.39, 0.29) is 5.69 Å². The molecule has 9 heteroatoms. The van der Waals surface area contributed by atoms with Crippen molar-refractivity contribution in [3.63, 3.8) is 0 Å². The van der Waals surface area contributed by atoms with Crippen LogP contribution in [0.2, 0.25) is 5.02 Å². The zero-order valence-electron chi connectivity index (χ0n) is 16.0. The Labute approximate surface area is 171 Å². The zero-order chi connectivity index (χ0) is 20.4. The number of rotatable bonds is 6. The highest BCUT2D eigenvalue weighted by Gasteiger charge is 2.13. The van der Waals surface area contributed by atoms with Crippen LogP contribution in [0.25, 0.3) is 11.4 Å². The average Bonchev–Trinajstić information content (AvgIpc) is 3.31. The first-order valence-electron chi connectivity index (χ1n) is 9.05. The van der Waals surface area contributed by atoms with E-state index in [4.69, 9.17) is 16.3 Å². The Balaban J connectivity index is 1.49. The molecule has 0 fully saturated rings. The molecule has 0 amide bonds. The van der Waals surface area contributed by atoms with Gasteiger partial charge in [0.05, 0.1) is 18.0 Å². The second-order valence-corrected chi connectivity index (χ2v) is 6.98. The number of ether oxygens (including phenoxy) is 1. The van der Waals surface area contributed by atoms with E-state index >= 15 is 0 Å². The van der Waals surface area contributed by atoms with Gasteiger partial charge in [-0.2, -0.15) is 9.36 Å². The summed E-state index contributed by atoms with van der Waals surface area (Å²) in [6.07, 6.45) is 2.43. The molecule has 0 aliphatic heterocycles. The largest absolute Gasteiger partial charge is 0.476 e. The van der Waals surface area contributed by atoms with Crippen LogP contribution in [0.5, 0.6) is 5.88 Å². The Kier molecular flexibility index (Phi) is 5.18. The highest BCUT2D eigenvalue weighted by atomic mass is 35.5. The highest BCUT2D eigenvalue weighted by molar-refractivity contribution is 6.30. The van der Waals surface area contributed by atoms with Gasteiger partial charge in [-0.15, -0.1) is 5.10 Å². The van der Waals surface area contributed by atoms with Crippen molar-refractivity contribution in [2.24, 2.45) is 7.05 Å². The van der Waals surface area contributed by atoms with Crippen LogP contribution < -0.4 is 10.4 Å². The molecule has 8 nitrogen and oxygen atoms in total. The van der Waals surface area contributed by atoms with Crippen LogP contribution in [0.3, 0.4) is 0 Å². The van der Waals surface area contributed by atoms with Gasteiger partial charge in [-0.05, 0) is 58.8 Å². The molecular formula is C20H19ClN6O2. The molecule has 0 saturated carbocycles. The smallest absolute Gasteiger partial charge is 0.368 e. The number of hydrogen-bond acceptors (Lipinski definition) is 5. The van der Waals surface area contributed by atoms with E-state index in [2.05, 4.69) is 15.5 Å². The number of tetrazole rings is 1. The quantitative estimate of drug-likeness (QED) is 0.488. The van der Waals surface area contributed by atoms with Crippen molar-refractivity contribution >= 4 is 11.6 Å². The first-order chi connectivity index (χ1) is 14.0. The van der Waals surface area contributed by atoms with Crippen LogP contribution in [0, 0.1) is 6.92 Å². The summed E-state index contributed by atoms with van der Waals surface area (Å²) in [4.78, 5) is 12.2. The molecule has 2 aromatic carbocycles. The molecule has 4 rings (SSSR count). The third-order valence-electron chi connectivity index (χ3n) is 4.59. The molecule has 0 unspecified atom stereocenters. The summed E-state index contributed by atoms with van der Waals surface area (Å²) < 4.78 is 10.1. The van der Waals surface area contributed by atoms with E-state index in [0.29, 0.717) is 29.6 Å².